The number of fused-ring (bicyclic) bond motifs is 1. The lowest BCUT2D eigenvalue weighted by molar-refractivity contribution is -0.132. The average Bonchev–Trinajstić information content (AvgIpc) is 3.61. The first-order valence-corrected chi connectivity index (χ1v) is 12.3. The second-order valence-electron chi connectivity index (χ2n) is 9.43. The summed E-state index contributed by atoms with van der Waals surface area (Å²) in [5, 5.41) is 12.2. The van der Waals surface area contributed by atoms with Crippen molar-refractivity contribution in [1.82, 2.24) is 4.98 Å². The monoisotopic (exact) mass is 481 g/mol. The van der Waals surface area contributed by atoms with Crippen LogP contribution in [0.2, 0.25) is 0 Å². The van der Waals surface area contributed by atoms with Crippen LogP contribution in [0.3, 0.4) is 0 Å². The molecule has 1 unspecified atom stereocenters. The fourth-order valence-corrected chi connectivity index (χ4v) is 5.36. The average molecular weight is 482 g/mol. The second-order valence-corrected chi connectivity index (χ2v) is 9.43. The molecule has 0 bridgehead atoms. The van der Waals surface area contributed by atoms with Crippen LogP contribution in [0.1, 0.15) is 42.4 Å². The van der Waals surface area contributed by atoms with Crippen LogP contribution >= 0.6 is 0 Å². The molecule has 2 fully saturated rings. The van der Waals surface area contributed by atoms with E-state index in [1.54, 1.807) is 18.3 Å². The van der Waals surface area contributed by atoms with E-state index in [2.05, 4.69) is 9.88 Å². The number of H-pyrrole nitrogens is 1. The van der Waals surface area contributed by atoms with E-state index in [9.17, 15) is 14.7 Å². The van der Waals surface area contributed by atoms with Gasteiger partial charge in [0.05, 0.1) is 5.57 Å². The molecule has 1 atom stereocenters. The SMILES string of the molecule is Cc1ccc(C2/C(=C(/O)c3c[nH]c4ccccc34)C(=O)C(=O)N2c2ccc(N3CCCCC3)cc2)o1. The van der Waals surface area contributed by atoms with Crippen molar-refractivity contribution in [3.63, 3.8) is 0 Å². The van der Waals surface area contributed by atoms with Crippen LogP contribution in [0.25, 0.3) is 16.7 Å². The van der Waals surface area contributed by atoms with Crippen LogP contribution in [-0.4, -0.2) is 34.9 Å². The largest absolute Gasteiger partial charge is 0.507 e. The minimum atomic E-state index is -0.881. The third kappa shape index (κ3) is 3.59. The molecule has 7 nitrogen and oxygen atoms in total. The summed E-state index contributed by atoms with van der Waals surface area (Å²) in [6, 6.07) is 17.9. The van der Waals surface area contributed by atoms with Crippen molar-refractivity contribution in [3.05, 3.63) is 89.5 Å². The summed E-state index contributed by atoms with van der Waals surface area (Å²) in [6.45, 7) is 3.84. The van der Waals surface area contributed by atoms with Crippen molar-refractivity contribution in [2.24, 2.45) is 0 Å². The summed E-state index contributed by atoms with van der Waals surface area (Å²) in [6.07, 6.45) is 5.24. The van der Waals surface area contributed by atoms with Crippen molar-refractivity contribution >= 4 is 39.7 Å². The molecule has 0 radical (unpaired) electrons. The molecule has 6 rings (SSSR count). The van der Waals surface area contributed by atoms with Crippen LogP contribution in [-0.2, 0) is 9.59 Å². The molecule has 4 aromatic rings. The van der Waals surface area contributed by atoms with Gasteiger partial charge in [0.15, 0.2) is 0 Å². The van der Waals surface area contributed by atoms with Crippen LogP contribution in [0.5, 0.6) is 0 Å². The van der Waals surface area contributed by atoms with Gasteiger partial charge in [-0.05, 0) is 68.7 Å². The highest BCUT2D eigenvalue weighted by Gasteiger charge is 2.48. The number of nitrogens with one attached hydrogen (secondary N) is 1. The lowest BCUT2D eigenvalue weighted by Crippen LogP contribution is -2.30. The number of nitrogens with zero attached hydrogens (tertiary/aromatic N) is 2. The predicted molar refractivity (Wildman–Crippen MR) is 139 cm³/mol. The van der Waals surface area contributed by atoms with Crippen molar-refractivity contribution in [2.45, 2.75) is 32.2 Å². The number of aryl methyl sites for hydroxylation is 1. The maximum absolute atomic E-state index is 13.4. The molecule has 0 spiro atoms. The normalized spacial score (nSPS) is 20.0. The highest BCUT2D eigenvalue weighted by molar-refractivity contribution is 6.51. The van der Waals surface area contributed by atoms with Gasteiger partial charge >= 0.3 is 0 Å². The number of amides is 1. The van der Waals surface area contributed by atoms with Gasteiger partial charge in [-0.3, -0.25) is 14.5 Å². The topological polar surface area (TPSA) is 89.8 Å². The molecule has 0 aliphatic carbocycles. The summed E-state index contributed by atoms with van der Waals surface area (Å²) in [5.41, 5.74) is 2.98. The Kier molecular flexibility index (Phi) is 5.40. The zero-order valence-corrected chi connectivity index (χ0v) is 20.0. The third-order valence-corrected chi connectivity index (χ3v) is 7.17. The highest BCUT2D eigenvalue weighted by Crippen LogP contribution is 2.43. The van der Waals surface area contributed by atoms with Gasteiger partial charge < -0.3 is 19.4 Å². The summed E-state index contributed by atoms with van der Waals surface area (Å²) in [5.74, 6) is -0.577. The number of hydrogen-bond acceptors (Lipinski definition) is 5. The molecule has 2 aromatic carbocycles. The molecule has 7 heteroatoms. The van der Waals surface area contributed by atoms with Crippen LogP contribution in [0, 0.1) is 6.92 Å². The predicted octanol–water partition coefficient (Wildman–Crippen LogP) is 5.69. The number of aromatic nitrogens is 1. The second kappa shape index (κ2) is 8.75. The van der Waals surface area contributed by atoms with E-state index >= 15 is 0 Å². The molecular formula is C29H27N3O4. The maximum atomic E-state index is 13.4. The van der Waals surface area contributed by atoms with Gasteiger partial charge in [0.1, 0.15) is 23.3 Å². The number of aliphatic hydroxyl groups is 1. The van der Waals surface area contributed by atoms with E-state index < -0.39 is 17.7 Å². The molecule has 1 amide bonds. The van der Waals surface area contributed by atoms with Crippen LogP contribution in [0.4, 0.5) is 11.4 Å². The summed E-state index contributed by atoms with van der Waals surface area (Å²) >= 11 is 0. The number of anilines is 2. The Bertz CT molecular complexity index is 1490. The number of para-hydroxylation sites is 1. The minimum Gasteiger partial charge on any atom is -0.507 e. The van der Waals surface area contributed by atoms with E-state index in [4.69, 9.17) is 4.42 Å². The Morgan fingerprint density at radius 3 is 2.39 bits per heavy atom. The third-order valence-electron chi connectivity index (χ3n) is 7.17. The van der Waals surface area contributed by atoms with Gasteiger partial charge in [-0.2, -0.15) is 0 Å². The summed E-state index contributed by atoms with van der Waals surface area (Å²) in [4.78, 5) is 33.7. The molecule has 182 valence electrons. The molecular weight excluding hydrogens is 454 g/mol. The Morgan fingerprint density at radius 2 is 1.67 bits per heavy atom. The lowest BCUT2D eigenvalue weighted by Gasteiger charge is -2.29. The van der Waals surface area contributed by atoms with Gasteiger partial charge in [-0.25, -0.2) is 0 Å². The van der Waals surface area contributed by atoms with E-state index in [1.165, 1.54) is 24.2 Å². The van der Waals surface area contributed by atoms with Gasteiger partial charge in [0, 0.05) is 47.1 Å². The number of aromatic amines is 1. The molecule has 2 N–H and O–H groups in total. The fourth-order valence-electron chi connectivity index (χ4n) is 5.36. The standard InChI is InChI=1S/C29H27N3O4/c1-18-9-14-24(36-18)26-25(27(33)22-17-30-23-8-4-3-7-21(22)23)28(34)29(35)32(26)20-12-10-19(11-13-20)31-15-5-2-6-16-31/h3-4,7-14,17,26,30,33H,2,5-6,15-16H2,1H3/b27-25-. The molecule has 2 aromatic heterocycles. The Morgan fingerprint density at radius 1 is 0.944 bits per heavy atom. The van der Waals surface area contributed by atoms with Crippen LogP contribution in [0.15, 0.2) is 76.9 Å². The number of aliphatic hydroxyl groups excluding tert-OH is 1. The molecule has 0 saturated carbocycles. The Balaban J connectivity index is 1.46. The van der Waals surface area contributed by atoms with Crippen molar-refractivity contribution in [2.75, 3.05) is 22.9 Å². The van der Waals surface area contributed by atoms with Crippen LogP contribution < -0.4 is 9.80 Å². The van der Waals surface area contributed by atoms with Gasteiger partial charge in [-0.15, -0.1) is 0 Å². The van der Waals surface area contributed by atoms with Gasteiger partial charge in [0.2, 0.25) is 0 Å². The summed E-state index contributed by atoms with van der Waals surface area (Å²) < 4.78 is 5.91. The molecule has 36 heavy (non-hydrogen) atoms. The van der Waals surface area contributed by atoms with Gasteiger partial charge in [-0.1, -0.05) is 18.2 Å². The minimum absolute atomic E-state index is 0.0132. The number of hydrogen-bond donors (Lipinski definition) is 2. The van der Waals surface area contributed by atoms with E-state index in [1.807, 2.05) is 55.5 Å². The smallest absolute Gasteiger partial charge is 0.300 e. The quantitative estimate of drug-likeness (QED) is 0.222. The summed E-state index contributed by atoms with van der Waals surface area (Å²) in [7, 11) is 0. The Hall–Kier alpha value is -4.26. The van der Waals surface area contributed by atoms with E-state index in [0.717, 1.165) is 29.7 Å². The molecule has 2 aliphatic heterocycles. The molecule has 2 aliphatic rings. The highest BCUT2D eigenvalue weighted by atomic mass is 16.3. The lowest BCUT2D eigenvalue weighted by atomic mass is 9.99. The number of carbonyl (C=O) groups is 2. The number of Topliss-reactive ketones (excluding diaryl/α,β-unsaturated/α-hetero) is 1. The zero-order valence-electron chi connectivity index (χ0n) is 20.0. The molecule has 2 saturated heterocycles. The first kappa shape index (κ1) is 22.2. The van der Waals surface area contributed by atoms with Crippen molar-refractivity contribution in [3.8, 4) is 0 Å². The zero-order chi connectivity index (χ0) is 24.8. The number of ketones is 1. The fraction of sp³-hybridized carbons (Fsp3) is 0.241. The molecule has 4 heterocycles. The number of carbonyl (C=O) groups excluding carboxylic acids is 2. The number of rotatable bonds is 4. The Labute approximate surface area is 208 Å². The maximum Gasteiger partial charge on any atom is 0.300 e. The first-order chi connectivity index (χ1) is 17.5. The van der Waals surface area contributed by atoms with E-state index in [0.29, 0.717) is 22.8 Å². The van der Waals surface area contributed by atoms with Gasteiger partial charge in [0.25, 0.3) is 11.7 Å². The first-order valence-electron chi connectivity index (χ1n) is 12.3. The number of furan rings is 1. The van der Waals surface area contributed by atoms with Crippen molar-refractivity contribution < 1.29 is 19.1 Å². The van der Waals surface area contributed by atoms with Crippen molar-refractivity contribution in [1.29, 1.82) is 0 Å². The number of benzene rings is 2. The van der Waals surface area contributed by atoms with E-state index in [-0.39, 0.29) is 11.3 Å². The number of piperidine rings is 1.